The summed E-state index contributed by atoms with van der Waals surface area (Å²) in [6.07, 6.45) is 4.97. The van der Waals surface area contributed by atoms with Crippen molar-refractivity contribution in [1.82, 2.24) is 25.1 Å². The summed E-state index contributed by atoms with van der Waals surface area (Å²) < 4.78 is 0. The van der Waals surface area contributed by atoms with Gasteiger partial charge in [-0.25, -0.2) is 15.0 Å². The van der Waals surface area contributed by atoms with E-state index in [2.05, 4.69) is 35.5 Å². The number of H-pyrrole nitrogens is 1. The Kier molecular flexibility index (Phi) is 5.15. The van der Waals surface area contributed by atoms with Gasteiger partial charge in [0, 0.05) is 17.0 Å². The van der Waals surface area contributed by atoms with E-state index in [0.29, 0.717) is 23.7 Å². The molecule has 0 unspecified atom stereocenters. The zero-order valence-electron chi connectivity index (χ0n) is 18.7. The van der Waals surface area contributed by atoms with Crippen molar-refractivity contribution in [2.24, 2.45) is 21.5 Å². The second-order valence-corrected chi connectivity index (χ2v) is 8.44. The molecule has 2 aliphatic rings. The number of hydrogen-bond donors (Lipinski definition) is 4. The fourth-order valence-electron chi connectivity index (χ4n) is 4.66. The van der Waals surface area contributed by atoms with Gasteiger partial charge in [-0.15, -0.1) is 5.10 Å². The number of nitrogens with two attached hydrogens (primary N) is 2. The number of anilines is 3. The lowest BCUT2D eigenvalue weighted by atomic mass is 9.87. The highest BCUT2D eigenvalue weighted by Crippen LogP contribution is 2.42. The van der Waals surface area contributed by atoms with Crippen LogP contribution in [0.15, 0.2) is 40.3 Å². The molecular weight excluding hydrogens is 418 g/mol. The van der Waals surface area contributed by atoms with E-state index < -0.39 is 5.66 Å². The molecule has 1 aromatic carbocycles. The molecule has 0 bridgehead atoms. The molecule has 0 amide bonds. The van der Waals surface area contributed by atoms with Gasteiger partial charge in [0.1, 0.15) is 5.66 Å². The number of aryl methyl sites for hydroxylation is 2. The Hall–Kier alpha value is -4.02. The molecule has 6 N–H and O–H groups in total. The van der Waals surface area contributed by atoms with Gasteiger partial charge in [0.25, 0.3) is 0 Å². The predicted octanol–water partition coefficient (Wildman–Crippen LogP) is 2.73. The molecule has 0 atom stereocenters. The fourth-order valence-corrected chi connectivity index (χ4v) is 4.66. The van der Waals surface area contributed by atoms with Gasteiger partial charge in [0.05, 0.1) is 5.69 Å². The molecule has 170 valence electrons. The highest BCUT2D eigenvalue weighted by atomic mass is 15.4. The Bertz CT molecular complexity index is 1220. The SMILES string of the molecule is Cc1cc(C)nc(Nc2n[nH]c(-c3ccccc3N3C(N)=NC(N)=NC34CCCCC4)n2)n1. The van der Waals surface area contributed by atoms with Gasteiger partial charge in [0.15, 0.2) is 5.82 Å². The van der Waals surface area contributed by atoms with Gasteiger partial charge in [-0.1, -0.05) is 18.6 Å². The third-order valence-electron chi connectivity index (χ3n) is 5.94. The van der Waals surface area contributed by atoms with E-state index in [4.69, 9.17) is 16.5 Å². The number of benzene rings is 1. The van der Waals surface area contributed by atoms with Crippen LogP contribution >= 0.6 is 0 Å². The highest BCUT2D eigenvalue weighted by Gasteiger charge is 2.43. The summed E-state index contributed by atoms with van der Waals surface area (Å²) in [7, 11) is 0. The Morgan fingerprint density at radius 2 is 1.70 bits per heavy atom. The smallest absolute Gasteiger partial charge is 0.249 e. The zero-order valence-corrected chi connectivity index (χ0v) is 18.7. The first-order chi connectivity index (χ1) is 15.9. The highest BCUT2D eigenvalue weighted by molar-refractivity contribution is 6.07. The van der Waals surface area contributed by atoms with Gasteiger partial charge in [-0.3, -0.25) is 15.3 Å². The summed E-state index contributed by atoms with van der Waals surface area (Å²) in [5.41, 5.74) is 15.3. The quantitative estimate of drug-likeness (QED) is 0.477. The van der Waals surface area contributed by atoms with E-state index >= 15 is 0 Å². The van der Waals surface area contributed by atoms with Crippen LogP contribution in [-0.4, -0.2) is 42.7 Å². The molecule has 1 saturated carbocycles. The van der Waals surface area contributed by atoms with Gasteiger partial charge in [-0.2, -0.15) is 9.98 Å². The van der Waals surface area contributed by atoms with Crippen molar-refractivity contribution < 1.29 is 0 Å². The van der Waals surface area contributed by atoms with E-state index in [1.807, 2.05) is 49.1 Å². The molecule has 1 aliphatic carbocycles. The molecule has 3 aromatic rings. The maximum atomic E-state index is 6.43. The molecule has 3 heterocycles. The van der Waals surface area contributed by atoms with Crippen LogP contribution in [0, 0.1) is 13.8 Å². The fraction of sp³-hybridized carbons (Fsp3) is 0.364. The molecule has 11 heteroatoms. The molecule has 11 nitrogen and oxygen atoms in total. The lowest BCUT2D eigenvalue weighted by Gasteiger charge is -2.46. The summed E-state index contributed by atoms with van der Waals surface area (Å²) in [5, 5.41) is 10.4. The van der Waals surface area contributed by atoms with Crippen molar-refractivity contribution in [2.75, 3.05) is 10.2 Å². The molecule has 1 fully saturated rings. The predicted molar refractivity (Wildman–Crippen MR) is 128 cm³/mol. The van der Waals surface area contributed by atoms with Gasteiger partial charge in [0.2, 0.25) is 23.8 Å². The molecular formula is C22H27N11. The minimum Gasteiger partial charge on any atom is -0.369 e. The van der Waals surface area contributed by atoms with Crippen molar-refractivity contribution in [3.63, 3.8) is 0 Å². The maximum absolute atomic E-state index is 6.43. The minimum atomic E-state index is -0.543. The number of aromatic nitrogens is 5. The third kappa shape index (κ3) is 3.97. The first kappa shape index (κ1) is 20.9. The van der Waals surface area contributed by atoms with Crippen LogP contribution in [0.1, 0.15) is 43.5 Å². The topological polar surface area (TPSA) is 159 Å². The second kappa shape index (κ2) is 8.15. The Morgan fingerprint density at radius 1 is 0.970 bits per heavy atom. The second-order valence-electron chi connectivity index (χ2n) is 8.44. The van der Waals surface area contributed by atoms with Crippen LogP contribution in [0.3, 0.4) is 0 Å². The number of aliphatic imine (C=N–C) groups is 2. The molecule has 0 saturated heterocycles. The minimum absolute atomic E-state index is 0.225. The van der Waals surface area contributed by atoms with E-state index in [9.17, 15) is 0 Å². The van der Waals surface area contributed by atoms with E-state index in [1.165, 1.54) is 6.42 Å². The van der Waals surface area contributed by atoms with Crippen LogP contribution < -0.4 is 21.7 Å². The number of para-hydroxylation sites is 1. The molecule has 2 aromatic heterocycles. The summed E-state index contributed by atoms with van der Waals surface area (Å²) in [5.74, 6) is 1.96. The summed E-state index contributed by atoms with van der Waals surface area (Å²) >= 11 is 0. The molecule has 1 spiro atoms. The lowest BCUT2D eigenvalue weighted by molar-refractivity contribution is 0.305. The Balaban J connectivity index is 1.52. The average Bonchev–Trinajstić information content (AvgIpc) is 3.21. The number of nitrogens with one attached hydrogen (secondary N) is 2. The van der Waals surface area contributed by atoms with Crippen LogP contribution in [0.25, 0.3) is 11.4 Å². The van der Waals surface area contributed by atoms with Crippen molar-refractivity contribution in [2.45, 2.75) is 51.6 Å². The van der Waals surface area contributed by atoms with E-state index in [1.54, 1.807) is 0 Å². The van der Waals surface area contributed by atoms with E-state index in [0.717, 1.165) is 48.3 Å². The lowest BCUT2D eigenvalue weighted by Crippen LogP contribution is -2.58. The third-order valence-corrected chi connectivity index (χ3v) is 5.94. The van der Waals surface area contributed by atoms with Gasteiger partial charge in [-0.05, 0) is 57.7 Å². The van der Waals surface area contributed by atoms with Gasteiger partial charge < -0.3 is 11.5 Å². The number of aromatic amines is 1. The first-order valence-corrected chi connectivity index (χ1v) is 11.0. The number of hydrogen-bond acceptors (Lipinski definition) is 10. The maximum Gasteiger partial charge on any atom is 0.249 e. The van der Waals surface area contributed by atoms with E-state index in [-0.39, 0.29) is 5.96 Å². The standard InChI is InChI=1S/C22H27N11/c1-13-12-14(2)26-20(25-13)29-21-27-17(31-32-21)15-8-4-5-9-16(15)33-19(24)28-18(23)30-22(33)10-6-3-7-11-22/h4-5,8-9,12H,3,6-7,10-11H2,1-2H3,(H4,23,24,28,30)(H2,25,26,27,29,31,32). The number of nitrogens with zero attached hydrogens (tertiary/aromatic N) is 7. The van der Waals surface area contributed by atoms with Gasteiger partial charge >= 0.3 is 0 Å². The largest absolute Gasteiger partial charge is 0.369 e. The first-order valence-electron chi connectivity index (χ1n) is 11.0. The Morgan fingerprint density at radius 3 is 2.45 bits per heavy atom. The number of guanidine groups is 2. The van der Waals surface area contributed by atoms with Crippen LogP contribution in [-0.2, 0) is 0 Å². The summed E-state index contributed by atoms with van der Waals surface area (Å²) in [6, 6.07) is 9.78. The van der Waals surface area contributed by atoms with Crippen LogP contribution in [0.2, 0.25) is 0 Å². The molecule has 33 heavy (non-hydrogen) atoms. The van der Waals surface area contributed by atoms with Crippen molar-refractivity contribution in [1.29, 1.82) is 0 Å². The molecule has 0 radical (unpaired) electrons. The summed E-state index contributed by atoms with van der Waals surface area (Å²) in [6.45, 7) is 3.83. The molecule has 5 rings (SSSR count). The summed E-state index contributed by atoms with van der Waals surface area (Å²) in [4.78, 5) is 24.5. The van der Waals surface area contributed by atoms with Crippen LogP contribution in [0.4, 0.5) is 17.6 Å². The van der Waals surface area contributed by atoms with Crippen molar-refractivity contribution >= 4 is 29.5 Å². The Labute approximate surface area is 191 Å². The molecule has 1 aliphatic heterocycles. The monoisotopic (exact) mass is 445 g/mol. The average molecular weight is 446 g/mol. The van der Waals surface area contributed by atoms with Crippen LogP contribution in [0.5, 0.6) is 0 Å². The normalized spacial score (nSPS) is 17.6. The number of rotatable bonds is 4. The zero-order chi connectivity index (χ0) is 23.0. The van der Waals surface area contributed by atoms with Crippen molar-refractivity contribution in [3.05, 3.63) is 41.7 Å². The van der Waals surface area contributed by atoms with Crippen molar-refractivity contribution in [3.8, 4) is 11.4 Å².